The van der Waals surface area contributed by atoms with Crippen LogP contribution >= 0.6 is 0 Å². The molecule has 0 bridgehead atoms. The van der Waals surface area contributed by atoms with Crippen molar-refractivity contribution in [3.05, 3.63) is 59.7 Å². The van der Waals surface area contributed by atoms with E-state index >= 15 is 0 Å². The number of anilines is 1. The molecule has 2 aromatic rings. The summed E-state index contributed by atoms with van der Waals surface area (Å²) in [6, 6.07) is 14.6. The van der Waals surface area contributed by atoms with Gasteiger partial charge in [-0.2, -0.15) is 0 Å². The summed E-state index contributed by atoms with van der Waals surface area (Å²) >= 11 is 0. The number of ether oxygens (including phenoxy) is 1. The highest BCUT2D eigenvalue weighted by atomic mass is 16.5. The van der Waals surface area contributed by atoms with Gasteiger partial charge in [-0.3, -0.25) is 9.59 Å². The Balaban J connectivity index is 1.81. The van der Waals surface area contributed by atoms with E-state index in [-0.39, 0.29) is 18.9 Å². The van der Waals surface area contributed by atoms with E-state index in [1.165, 1.54) is 0 Å². The van der Waals surface area contributed by atoms with Gasteiger partial charge >= 0.3 is 5.97 Å². The smallest absolute Gasteiger partial charge is 0.303 e. The van der Waals surface area contributed by atoms with Gasteiger partial charge < -0.3 is 15.2 Å². The molecule has 0 saturated heterocycles. The van der Waals surface area contributed by atoms with E-state index in [0.29, 0.717) is 17.9 Å². The molecule has 0 saturated carbocycles. The molecular formula is C18H19NO4. The maximum Gasteiger partial charge on any atom is 0.303 e. The average molecular weight is 313 g/mol. The first-order valence-corrected chi connectivity index (χ1v) is 7.33. The number of rotatable bonds is 7. The van der Waals surface area contributed by atoms with E-state index in [9.17, 15) is 9.59 Å². The monoisotopic (exact) mass is 313 g/mol. The van der Waals surface area contributed by atoms with Gasteiger partial charge in [-0.15, -0.1) is 0 Å². The molecule has 0 spiro atoms. The van der Waals surface area contributed by atoms with Crippen LogP contribution in [0.5, 0.6) is 5.75 Å². The second kappa shape index (κ2) is 7.98. The Morgan fingerprint density at radius 3 is 2.52 bits per heavy atom. The van der Waals surface area contributed by atoms with E-state index in [1.54, 1.807) is 30.3 Å². The summed E-state index contributed by atoms with van der Waals surface area (Å²) < 4.78 is 5.43. The molecular weight excluding hydrogens is 294 g/mol. The van der Waals surface area contributed by atoms with Crippen molar-refractivity contribution >= 4 is 17.6 Å². The minimum Gasteiger partial charge on any atom is -0.484 e. The number of carboxylic acids is 1. The number of hydrogen-bond acceptors (Lipinski definition) is 3. The Morgan fingerprint density at radius 1 is 1.13 bits per heavy atom. The van der Waals surface area contributed by atoms with Crippen LogP contribution in [0.1, 0.15) is 17.5 Å². The standard InChI is InChI=1S/C18H19NO4/c1-13-3-2-4-16(11-13)23-12-17(20)19-15-8-5-14(6-9-15)7-10-18(21)22/h2-6,8-9,11H,7,10,12H2,1H3,(H,19,20)(H,21,22). The number of aryl methyl sites for hydroxylation is 2. The van der Waals surface area contributed by atoms with Crippen molar-refractivity contribution in [2.45, 2.75) is 19.8 Å². The van der Waals surface area contributed by atoms with Gasteiger partial charge in [-0.05, 0) is 48.7 Å². The van der Waals surface area contributed by atoms with Gasteiger partial charge in [0.15, 0.2) is 6.61 Å². The lowest BCUT2D eigenvalue weighted by Gasteiger charge is -2.08. The van der Waals surface area contributed by atoms with Crippen molar-refractivity contribution in [1.82, 2.24) is 0 Å². The normalized spacial score (nSPS) is 10.1. The van der Waals surface area contributed by atoms with Crippen LogP contribution in [0, 0.1) is 6.92 Å². The van der Waals surface area contributed by atoms with Gasteiger partial charge in [0.1, 0.15) is 5.75 Å². The van der Waals surface area contributed by atoms with Gasteiger partial charge in [0, 0.05) is 12.1 Å². The highest BCUT2D eigenvalue weighted by molar-refractivity contribution is 5.91. The van der Waals surface area contributed by atoms with Crippen molar-refractivity contribution in [1.29, 1.82) is 0 Å². The zero-order valence-electron chi connectivity index (χ0n) is 12.9. The highest BCUT2D eigenvalue weighted by Crippen LogP contribution is 2.13. The molecule has 0 atom stereocenters. The number of carboxylic acid groups (broad SMARTS) is 1. The predicted octanol–water partition coefficient (Wildman–Crippen LogP) is 3.03. The van der Waals surface area contributed by atoms with Gasteiger partial charge in [-0.1, -0.05) is 24.3 Å². The fourth-order valence-corrected chi connectivity index (χ4v) is 2.06. The molecule has 120 valence electrons. The molecule has 5 nitrogen and oxygen atoms in total. The zero-order valence-corrected chi connectivity index (χ0v) is 12.9. The summed E-state index contributed by atoms with van der Waals surface area (Å²) in [5.41, 5.74) is 2.64. The molecule has 1 amide bonds. The Labute approximate surface area is 134 Å². The van der Waals surface area contributed by atoms with E-state index in [0.717, 1.165) is 11.1 Å². The molecule has 5 heteroatoms. The molecule has 0 aliphatic rings. The van der Waals surface area contributed by atoms with Crippen molar-refractivity contribution in [2.75, 3.05) is 11.9 Å². The van der Waals surface area contributed by atoms with Crippen LogP contribution in [-0.2, 0) is 16.0 Å². The molecule has 0 aliphatic heterocycles. The SMILES string of the molecule is Cc1cccc(OCC(=O)Nc2ccc(CCC(=O)O)cc2)c1. The van der Waals surface area contributed by atoms with E-state index in [4.69, 9.17) is 9.84 Å². The lowest BCUT2D eigenvalue weighted by molar-refractivity contribution is -0.137. The number of aliphatic carboxylic acids is 1. The van der Waals surface area contributed by atoms with E-state index in [2.05, 4.69) is 5.32 Å². The van der Waals surface area contributed by atoms with Crippen LogP contribution in [0.4, 0.5) is 5.69 Å². The lowest BCUT2D eigenvalue weighted by Crippen LogP contribution is -2.20. The van der Waals surface area contributed by atoms with Crippen molar-refractivity contribution in [3.63, 3.8) is 0 Å². The second-order valence-corrected chi connectivity index (χ2v) is 5.24. The van der Waals surface area contributed by atoms with Crippen LogP contribution < -0.4 is 10.1 Å². The molecule has 2 aromatic carbocycles. The van der Waals surface area contributed by atoms with Gasteiger partial charge in [0.2, 0.25) is 0 Å². The number of nitrogens with one attached hydrogen (secondary N) is 1. The third kappa shape index (κ3) is 5.82. The Bertz CT molecular complexity index is 680. The summed E-state index contributed by atoms with van der Waals surface area (Å²) in [5.74, 6) is -0.412. The summed E-state index contributed by atoms with van der Waals surface area (Å²) in [7, 11) is 0. The quantitative estimate of drug-likeness (QED) is 0.824. The van der Waals surface area contributed by atoms with Gasteiger partial charge in [0.05, 0.1) is 0 Å². The fourth-order valence-electron chi connectivity index (χ4n) is 2.06. The molecule has 23 heavy (non-hydrogen) atoms. The zero-order chi connectivity index (χ0) is 16.7. The van der Waals surface area contributed by atoms with Gasteiger partial charge in [0.25, 0.3) is 5.91 Å². The van der Waals surface area contributed by atoms with E-state index in [1.807, 2.05) is 25.1 Å². The molecule has 0 heterocycles. The third-order valence-electron chi connectivity index (χ3n) is 3.22. The summed E-state index contributed by atoms with van der Waals surface area (Å²) in [6.45, 7) is 1.89. The average Bonchev–Trinajstić information content (AvgIpc) is 2.52. The minimum absolute atomic E-state index is 0.0653. The first kappa shape index (κ1) is 16.5. The van der Waals surface area contributed by atoms with Crippen molar-refractivity contribution < 1.29 is 19.4 Å². The summed E-state index contributed by atoms with van der Waals surface area (Å²) in [5, 5.41) is 11.4. The fraction of sp³-hybridized carbons (Fsp3) is 0.222. The maximum absolute atomic E-state index is 11.9. The second-order valence-electron chi connectivity index (χ2n) is 5.24. The summed E-state index contributed by atoms with van der Waals surface area (Å²) in [6.07, 6.45) is 0.566. The van der Waals surface area contributed by atoms with Crippen LogP contribution in [0.2, 0.25) is 0 Å². The first-order chi connectivity index (χ1) is 11.0. The molecule has 0 fully saturated rings. The maximum atomic E-state index is 11.9. The van der Waals surface area contributed by atoms with Gasteiger partial charge in [-0.25, -0.2) is 0 Å². The topological polar surface area (TPSA) is 75.6 Å². The summed E-state index contributed by atoms with van der Waals surface area (Å²) in [4.78, 5) is 22.4. The van der Waals surface area contributed by atoms with E-state index < -0.39 is 5.97 Å². The Kier molecular flexibility index (Phi) is 5.74. The third-order valence-corrected chi connectivity index (χ3v) is 3.22. The van der Waals surface area contributed by atoms with Crippen LogP contribution in [0.15, 0.2) is 48.5 Å². The highest BCUT2D eigenvalue weighted by Gasteiger charge is 2.05. The molecule has 0 radical (unpaired) electrons. The first-order valence-electron chi connectivity index (χ1n) is 7.33. The van der Waals surface area contributed by atoms with Crippen LogP contribution in [-0.4, -0.2) is 23.6 Å². The molecule has 2 N–H and O–H groups in total. The van der Waals surface area contributed by atoms with Crippen molar-refractivity contribution in [2.24, 2.45) is 0 Å². The van der Waals surface area contributed by atoms with Crippen molar-refractivity contribution in [3.8, 4) is 5.75 Å². The minimum atomic E-state index is -0.823. The molecule has 0 unspecified atom stereocenters. The molecule has 0 aromatic heterocycles. The number of carbonyl (C=O) groups is 2. The number of benzene rings is 2. The lowest BCUT2D eigenvalue weighted by atomic mass is 10.1. The number of amides is 1. The Morgan fingerprint density at radius 2 is 1.87 bits per heavy atom. The Hall–Kier alpha value is -2.82. The largest absolute Gasteiger partial charge is 0.484 e. The number of hydrogen-bond donors (Lipinski definition) is 2. The predicted molar refractivity (Wildman–Crippen MR) is 87.7 cm³/mol. The van der Waals surface area contributed by atoms with Crippen LogP contribution in [0.3, 0.4) is 0 Å². The number of carbonyl (C=O) groups excluding carboxylic acids is 1. The molecule has 2 rings (SSSR count). The van der Waals surface area contributed by atoms with Crippen LogP contribution in [0.25, 0.3) is 0 Å². The molecule has 0 aliphatic carbocycles.